The van der Waals surface area contributed by atoms with Crippen molar-refractivity contribution in [3.63, 3.8) is 0 Å². The first-order valence-electron chi connectivity index (χ1n) is 6.49. The van der Waals surface area contributed by atoms with Crippen LogP contribution in [-0.4, -0.2) is 19.7 Å². The van der Waals surface area contributed by atoms with Gasteiger partial charge in [0.25, 0.3) is 0 Å². The van der Waals surface area contributed by atoms with Gasteiger partial charge in [-0.15, -0.1) is 0 Å². The molecule has 0 aromatic carbocycles. The summed E-state index contributed by atoms with van der Waals surface area (Å²) < 4.78 is 1.86. The Balaban J connectivity index is 2.12. The molecule has 3 N–H and O–H groups in total. The van der Waals surface area contributed by atoms with Crippen LogP contribution in [0, 0.1) is 20.8 Å². The summed E-state index contributed by atoms with van der Waals surface area (Å²) in [7, 11) is 0. The van der Waals surface area contributed by atoms with Crippen LogP contribution < -0.4 is 11.3 Å². The van der Waals surface area contributed by atoms with Crippen LogP contribution >= 0.6 is 0 Å². The molecule has 2 aromatic heterocycles. The largest absolute Gasteiger partial charge is 0.308 e. The van der Waals surface area contributed by atoms with Crippen molar-refractivity contribution in [3.05, 3.63) is 28.8 Å². The van der Waals surface area contributed by atoms with Crippen LogP contribution in [0.1, 0.15) is 41.5 Å². The monoisotopic (exact) mass is 258 g/mol. The lowest BCUT2D eigenvalue weighted by molar-refractivity contribution is 0.781. The van der Waals surface area contributed by atoms with Crippen LogP contribution in [0.3, 0.4) is 0 Å². The lowest BCUT2D eigenvalue weighted by Crippen LogP contribution is -2.13. The minimum atomic E-state index is 0.477. The third-order valence-electron chi connectivity index (χ3n) is 3.69. The Kier molecular flexibility index (Phi) is 2.74. The van der Waals surface area contributed by atoms with Gasteiger partial charge in [-0.2, -0.15) is 5.10 Å². The molecule has 0 saturated heterocycles. The van der Waals surface area contributed by atoms with Crippen molar-refractivity contribution in [3.8, 4) is 5.82 Å². The summed E-state index contributed by atoms with van der Waals surface area (Å²) in [4.78, 5) is 9.03. The van der Waals surface area contributed by atoms with Gasteiger partial charge in [0.1, 0.15) is 11.6 Å². The second-order valence-electron chi connectivity index (χ2n) is 5.10. The maximum atomic E-state index is 5.49. The molecule has 6 heteroatoms. The normalized spacial score (nSPS) is 14.7. The molecular formula is C13H18N6. The molecule has 2 aromatic rings. The summed E-state index contributed by atoms with van der Waals surface area (Å²) in [5, 5.41) is 4.53. The molecule has 0 unspecified atom stereocenters. The highest BCUT2D eigenvalue weighted by molar-refractivity contribution is 5.43. The number of hydrazine groups is 1. The van der Waals surface area contributed by atoms with Crippen LogP contribution in [0.4, 0.5) is 5.82 Å². The Hall–Kier alpha value is -1.95. The molecule has 0 radical (unpaired) electrons. The Bertz CT molecular complexity index is 626. The number of hydrogen-bond acceptors (Lipinski definition) is 5. The van der Waals surface area contributed by atoms with Gasteiger partial charge < -0.3 is 5.43 Å². The number of anilines is 1. The number of nitrogens with zero attached hydrogens (tertiary/aromatic N) is 4. The lowest BCUT2D eigenvalue weighted by atomic mass is 10.2. The maximum absolute atomic E-state index is 5.49. The minimum absolute atomic E-state index is 0.477. The van der Waals surface area contributed by atoms with Crippen molar-refractivity contribution < 1.29 is 0 Å². The molecule has 6 nitrogen and oxygen atoms in total. The van der Waals surface area contributed by atoms with Crippen LogP contribution in [0.25, 0.3) is 5.82 Å². The Labute approximate surface area is 112 Å². The molecule has 0 spiro atoms. The van der Waals surface area contributed by atoms with Gasteiger partial charge in [0.15, 0.2) is 5.82 Å². The van der Waals surface area contributed by atoms with Gasteiger partial charge in [-0.25, -0.2) is 20.5 Å². The quantitative estimate of drug-likeness (QED) is 0.647. The summed E-state index contributed by atoms with van der Waals surface area (Å²) in [6.45, 7) is 6.12. The number of rotatable bonds is 3. The zero-order valence-electron chi connectivity index (χ0n) is 11.4. The highest BCUT2D eigenvalue weighted by Gasteiger charge is 2.27. The van der Waals surface area contributed by atoms with E-state index < -0.39 is 0 Å². The molecule has 1 fully saturated rings. The van der Waals surface area contributed by atoms with Gasteiger partial charge in [0.2, 0.25) is 0 Å². The molecule has 2 heterocycles. The Morgan fingerprint density at radius 2 is 2.00 bits per heavy atom. The average molecular weight is 258 g/mol. The van der Waals surface area contributed by atoms with Gasteiger partial charge in [0.05, 0.1) is 5.69 Å². The number of aromatic nitrogens is 4. The smallest absolute Gasteiger partial charge is 0.159 e. The van der Waals surface area contributed by atoms with E-state index in [1.54, 1.807) is 0 Å². The van der Waals surface area contributed by atoms with Crippen molar-refractivity contribution >= 4 is 5.82 Å². The van der Waals surface area contributed by atoms with Crippen molar-refractivity contribution in [2.24, 2.45) is 5.84 Å². The van der Waals surface area contributed by atoms with E-state index >= 15 is 0 Å². The predicted molar refractivity (Wildman–Crippen MR) is 73.2 cm³/mol. The third-order valence-corrected chi connectivity index (χ3v) is 3.69. The second-order valence-corrected chi connectivity index (χ2v) is 5.10. The van der Waals surface area contributed by atoms with E-state index in [-0.39, 0.29) is 0 Å². The third kappa shape index (κ3) is 2.08. The van der Waals surface area contributed by atoms with E-state index in [4.69, 9.17) is 5.84 Å². The summed E-state index contributed by atoms with van der Waals surface area (Å²) in [6, 6.07) is 1.82. The van der Waals surface area contributed by atoms with Gasteiger partial charge in [-0.1, -0.05) is 0 Å². The fourth-order valence-corrected chi connectivity index (χ4v) is 2.10. The van der Waals surface area contributed by atoms with Crippen LogP contribution in [0.15, 0.2) is 6.07 Å². The van der Waals surface area contributed by atoms with Crippen molar-refractivity contribution in [2.45, 2.75) is 39.5 Å². The predicted octanol–water partition coefficient (Wildman–Crippen LogP) is 1.75. The number of nitrogen functional groups attached to an aromatic ring is 1. The summed E-state index contributed by atoms with van der Waals surface area (Å²) in [6.07, 6.45) is 2.31. The SMILES string of the molecule is Cc1nn(-c2cc(NN)nc(C3CC3)n2)c(C)c1C. The molecule has 1 saturated carbocycles. The van der Waals surface area contributed by atoms with E-state index in [1.165, 1.54) is 5.56 Å². The maximum Gasteiger partial charge on any atom is 0.159 e. The molecule has 0 atom stereocenters. The standard InChI is InChI=1S/C13H18N6/c1-7-8(2)18-19(9(7)3)12-6-11(17-14)15-13(16-12)10-4-5-10/h6,10H,4-5,14H2,1-3H3,(H,15,16,17). The van der Waals surface area contributed by atoms with Gasteiger partial charge in [-0.3, -0.25) is 0 Å². The first-order chi connectivity index (χ1) is 9.10. The molecular weight excluding hydrogens is 240 g/mol. The number of aryl methyl sites for hydroxylation is 1. The summed E-state index contributed by atoms with van der Waals surface area (Å²) in [5.41, 5.74) is 5.92. The van der Waals surface area contributed by atoms with Crippen molar-refractivity contribution in [1.82, 2.24) is 19.7 Å². The van der Waals surface area contributed by atoms with Crippen molar-refractivity contribution in [2.75, 3.05) is 5.43 Å². The van der Waals surface area contributed by atoms with Crippen LogP contribution in [0.5, 0.6) is 0 Å². The fourth-order valence-electron chi connectivity index (χ4n) is 2.10. The number of nitrogens with one attached hydrogen (secondary N) is 1. The molecule has 1 aliphatic rings. The molecule has 0 amide bonds. The highest BCUT2D eigenvalue weighted by atomic mass is 15.3. The van der Waals surface area contributed by atoms with Crippen LogP contribution in [-0.2, 0) is 0 Å². The molecule has 0 bridgehead atoms. The number of hydrogen-bond donors (Lipinski definition) is 2. The zero-order chi connectivity index (χ0) is 13.6. The average Bonchev–Trinajstić information content (AvgIpc) is 3.23. The molecule has 3 rings (SSSR count). The fraction of sp³-hybridized carbons (Fsp3) is 0.462. The van der Waals surface area contributed by atoms with Gasteiger partial charge in [-0.05, 0) is 39.2 Å². The summed E-state index contributed by atoms with van der Waals surface area (Å²) >= 11 is 0. The van der Waals surface area contributed by atoms with E-state index in [1.807, 2.05) is 24.6 Å². The second kappa shape index (κ2) is 4.31. The molecule has 100 valence electrons. The van der Waals surface area contributed by atoms with Gasteiger partial charge >= 0.3 is 0 Å². The minimum Gasteiger partial charge on any atom is -0.308 e. The first kappa shape index (κ1) is 12.1. The van der Waals surface area contributed by atoms with E-state index in [0.717, 1.165) is 35.9 Å². The van der Waals surface area contributed by atoms with Gasteiger partial charge in [0, 0.05) is 17.7 Å². The number of nitrogens with two attached hydrogens (primary N) is 1. The molecule has 0 aliphatic heterocycles. The van der Waals surface area contributed by atoms with E-state index in [9.17, 15) is 0 Å². The van der Waals surface area contributed by atoms with E-state index in [0.29, 0.717) is 11.7 Å². The van der Waals surface area contributed by atoms with Crippen LogP contribution in [0.2, 0.25) is 0 Å². The molecule has 19 heavy (non-hydrogen) atoms. The first-order valence-corrected chi connectivity index (χ1v) is 6.49. The molecule has 1 aliphatic carbocycles. The lowest BCUT2D eigenvalue weighted by Gasteiger charge is -2.08. The summed E-state index contributed by atoms with van der Waals surface area (Å²) in [5.74, 6) is 8.24. The topological polar surface area (TPSA) is 81.7 Å². The highest BCUT2D eigenvalue weighted by Crippen LogP contribution is 2.38. The zero-order valence-corrected chi connectivity index (χ0v) is 11.4. The Morgan fingerprint density at radius 3 is 2.53 bits per heavy atom. The van der Waals surface area contributed by atoms with Crippen molar-refractivity contribution in [1.29, 1.82) is 0 Å². The van der Waals surface area contributed by atoms with E-state index in [2.05, 4.69) is 27.4 Å². The Morgan fingerprint density at radius 1 is 1.26 bits per heavy atom.